The fourth-order valence-corrected chi connectivity index (χ4v) is 2.52. The first kappa shape index (κ1) is 15.5. The van der Waals surface area contributed by atoms with E-state index in [9.17, 15) is 4.79 Å². The number of hydrogen-bond donors (Lipinski definition) is 3. The van der Waals surface area contributed by atoms with Crippen molar-refractivity contribution in [2.24, 2.45) is 5.92 Å². The van der Waals surface area contributed by atoms with Gasteiger partial charge in [-0.2, -0.15) is 5.10 Å². The van der Waals surface area contributed by atoms with Gasteiger partial charge in [-0.15, -0.1) is 12.4 Å². The fourth-order valence-electron chi connectivity index (χ4n) is 2.52. The molecule has 0 radical (unpaired) electrons. The van der Waals surface area contributed by atoms with Crippen molar-refractivity contribution in [2.45, 2.75) is 12.8 Å². The van der Waals surface area contributed by atoms with Crippen LogP contribution in [0.4, 0.5) is 5.69 Å². The number of halogens is 1. The molecule has 0 aliphatic carbocycles. The SMILES string of the molecule is Cl.O=C(Nc1cn[nH]c1-c1ccccc1)C1CCNCC1. The summed E-state index contributed by atoms with van der Waals surface area (Å²) in [5.74, 6) is 0.180. The zero-order valence-corrected chi connectivity index (χ0v) is 12.5. The molecule has 1 aromatic carbocycles. The second-order valence-electron chi connectivity index (χ2n) is 5.04. The highest BCUT2D eigenvalue weighted by Gasteiger charge is 2.22. The maximum atomic E-state index is 12.3. The van der Waals surface area contributed by atoms with Gasteiger partial charge in [0.2, 0.25) is 5.91 Å². The van der Waals surface area contributed by atoms with Crippen LogP contribution < -0.4 is 10.6 Å². The molecule has 1 aliphatic heterocycles. The topological polar surface area (TPSA) is 69.8 Å². The molecule has 0 spiro atoms. The maximum Gasteiger partial charge on any atom is 0.227 e. The van der Waals surface area contributed by atoms with Gasteiger partial charge in [-0.1, -0.05) is 30.3 Å². The zero-order chi connectivity index (χ0) is 13.8. The van der Waals surface area contributed by atoms with E-state index < -0.39 is 0 Å². The third kappa shape index (κ3) is 3.62. The maximum absolute atomic E-state index is 12.3. The Morgan fingerprint density at radius 2 is 1.90 bits per heavy atom. The van der Waals surface area contributed by atoms with Crippen LogP contribution in [-0.4, -0.2) is 29.2 Å². The van der Waals surface area contributed by atoms with Gasteiger partial charge in [0.25, 0.3) is 0 Å². The van der Waals surface area contributed by atoms with Crippen molar-refractivity contribution >= 4 is 24.0 Å². The summed E-state index contributed by atoms with van der Waals surface area (Å²) in [6.07, 6.45) is 3.45. The number of rotatable bonds is 3. The third-order valence-electron chi connectivity index (χ3n) is 3.67. The Morgan fingerprint density at radius 1 is 1.19 bits per heavy atom. The van der Waals surface area contributed by atoms with Gasteiger partial charge in [-0.3, -0.25) is 9.89 Å². The van der Waals surface area contributed by atoms with Gasteiger partial charge in [0.1, 0.15) is 0 Å². The minimum Gasteiger partial charge on any atom is -0.323 e. The molecule has 1 fully saturated rings. The Bertz CT molecular complexity index is 578. The Kier molecular flexibility index (Phi) is 5.36. The molecule has 3 N–H and O–H groups in total. The molecule has 0 atom stereocenters. The van der Waals surface area contributed by atoms with Crippen LogP contribution in [0, 0.1) is 5.92 Å². The number of carbonyl (C=O) groups excluding carboxylic acids is 1. The molecular weight excluding hydrogens is 288 g/mol. The summed E-state index contributed by atoms with van der Waals surface area (Å²) in [7, 11) is 0. The molecule has 21 heavy (non-hydrogen) atoms. The number of nitrogens with zero attached hydrogens (tertiary/aromatic N) is 1. The minimum atomic E-state index is 0. The van der Waals surface area contributed by atoms with Gasteiger partial charge in [-0.25, -0.2) is 0 Å². The molecule has 6 heteroatoms. The van der Waals surface area contributed by atoms with E-state index in [0.29, 0.717) is 0 Å². The van der Waals surface area contributed by atoms with Crippen molar-refractivity contribution in [1.29, 1.82) is 0 Å². The Morgan fingerprint density at radius 3 is 2.62 bits per heavy atom. The number of amides is 1. The van der Waals surface area contributed by atoms with E-state index in [1.54, 1.807) is 6.20 Å². The van der Waals surface area contributed by atoms with Crippen LogP contribution in [0.25, 0.3) is 11.3 Å². The molecule has 1 amide bonds. The van der Waals surface area contributed by atoms with E-state index in [1.807, 2.05) is 30.3 Å². The summed E-state index contributed by atoms with van der Waals surface area (Å²) in [6, 6.07) is 9.89. The monoisotopic (exact) mass is 306 g/mol. The van der Waals surface area contributed by atoms with E-state index in [0.717, 1.165) is 42.9 Å². The van der Waals surface area contributed by atoms with Gasteiger partial charge >= 0.3 is 0 Å². The predicted molar refractivity (Wildman–Crippen MR) is 85.5 cm³/mol. The highest BCUT2D eigenvalue weighted by Crippen LogP contribution is 2.26. The number of nitrogens with one attached hydrogen (secondary N) is 3. The molecule has 2 aromatic rings. The van der Waals surface area contributed by atoms with Crippen LogP contribution in [0.1, 0.15) is 12.8 Å². The van der Waals surface area contributed by atoms with E-state index in [-0.39, 0.29) is 24.2 Å². The zero-order valence-electron chi connectivity index (χ0n) is 11.6. The van der Waals surface area contributed by atoms with Crippen molar-refractivity contribution in [3.05, 3.63) is 36.5 Å². The molecule has 3 rings (SSSR count). The number of anilines is 1. The largest absolute Gasteiger partial charge is 0.323 e. The standard InChI is InChI=1S/C15H18N4O.ClH/c20-15(12-6-8-16-9-7-12)18-13-10-17-19-14(13)11-4-2-1-3-5-11;/h1-5,10,12,16H,6-9H2,(H,17,19)(H,18,20);1H. The van der Waals surface area contributed by atoms with E-state index in [2.05, 4.69) is 20.8 Å². The summed E-state index contributed by atoms with van der Waals surface area (Å²) in [5, 5.41) is 13.3. The number of hydrogen-bond acceptors (Lipinski definition) is 3. The summed E-state index contributed by atoms with van der Waals surface area (Å²) < 4.78 is 0. The van der Waals surface area contributed by atoms with Crippen LogP contribution in [0.5, 0.6) is 0 Å². The molecule has 0 unspecified atom stereocenters. The van der Waals surface area contributed by atoms with Gasteiger partial charge in [0, 0.05) is 11.5 Å². The molecule has 1 aromatic heterocycles. The first-order chi connectivity index (χ1) is 9.84. The number of piperidine rings is 1. The van der Waals surface area contributed by atoms with E-state index in [4.69, 9.17) is 0 Å². The van der Waals surface area contributed by atoms with Crippen molar-refractivity contribution in [2.75, 3.05) is 18.4 Å². The lowest BCUT2D eigenvalue weighted by molar-refractivity contribution is -0.120. The van der Waals surface area contributed by atoms with E-state index >= 15 is 0 Å². The highest BCUT2D eigenvalue weighted by atomic mass is 35.5. The summed E-state index contributed by atoms with van der Waals surface area (Å²) in [6.45, 7) is 1.82. The normalized spacial score (nSPS) is 15.2. The summed E-state index contributed by atoms with van der Waals surface area (Å²) in [5.41, 5.74) is 2.62. The molecule has 0 bridgehead atoms. The van der Waals surface area contributed by atoms with Crippen LogP contribution >= 0.6 is 12.4 Å². The van der Waals surface area contributed by atoms with Crippen LogP contribution in [0.15, 0.2) is 36.5 Å². The number of H-pyrrole nitrogens is 1. The third-order valence-corrected chi connectivity index (χ3v) is 3.67. The van der Waals surface area contributed by atoms with Crippen molar-refractivity contribution in [1.82, 2.24) is 15.5 Å². The average Bonchev–Trinajstić information content (AvgIpc) is 2.97. The van der Waals surface area contributed by atoms with E-state index in [1.165, 1.54) is 0 Å². The van der Waals surface area contributed by atoms with Crippen molar-refractivity contribution in [3.63, 3.8) is 0 Å². The lowest BCUT2D eigenvalue weighted by Crippen LogP contribution is -2.34. The van der Waals surface area contributed by atoms with Gasteiger partial charge in [0.15, 0.2) is 0 Å². The number of carbonyl (C=O) groups is 1. The minimum absolute atomic E-state index is 0. The van der Waals surface area contributed by atoms with Crippen LogP contribution in [0.2, 0.25) is 0 Å². The average molecular weight is 307 g/mol. The van der Waals surface area contributed by atoms with Gasteiger partial charge < -0.3 is 10.6 Å². The predicted octanol–water partition coefficient (Wildman–Crippen LogP) is 2.44. The fraction of sp³-hybridized carbons (Fsp3) is 0.333. The molecule has 0 saturated carbocycles. The second-order valence-corrected chi connectivity index (χ2v) is 5.04. The molecule has 1 aliphatic rings. The Hall–Kier alpha value is -1.85. The summed E-state index contributed by atoms with van der Waals surface area (Å²) in [4.78, 5) is 12.3. The Balaban J connectivity index is 0.00000161. The van der Waals surface area contributed by atoms with Gasteiger partial charge in [-0.05, 0) is 25.9 Å². The molecule has 5 nitrogen and oxygen atoms in total. The van der Waals surface area contributed by atoms with Crippen LogP contribution in [-0.2, 0) is 4.79 Å². The first-order valence-corrected chi connectivity index (χ1v) is 6.95. The molecule has 2 heterocycles. The van der Waals surface area contributed by atoms with Gasteiger partial charge in [0.05, 0.1) is 17.6 Å². The lowest BCUT2D eigenvalue weighted by Gasteiger charge is -2.21. The molecular formula is C15H19ClN4O. The highest BCUT2D eigenvalue weighted by molar-refractivity contribution is 5.95. The van der Waals surface area contributed by atoms with Crippen LogP contribution in [0.3, 0.4) is 0 Å². The van der Waals surface area contributed by atoms with Crippen molar-refractivity contribution < 1.29 is 4.79 Å². The smallest absolute Gasteiger partial charge is 0.227 e. The molecule has 1 saturated heterocycles. The number of aromatic nitrogens is 2. The lowest BCUT2D eigenvalue weighted by atomic mass is 9.97. The first-order valence-electron chi connectivity index (χ1n) is 6.95. The number of benzene rings is 1. The number of aromatic amines is 1. The Labute approximate surface area is 129 Å². The molecule has 112 valence electrons. The summed E-state index contributed by atoms with van der Waals surface area (Å²) >= 11 is 0. The second kappa shape index (κ2) is 7.24. The van der Waals surface area contributed by atoms with Crippen molar-refractivity contribution in [3.8, 4) is 11.3 Å². The quantitative estimate of drug-likeness (QED) is 0.816.